The minimum atomic E-state index is -0.799. The number of carboxylic acids is 1. The van der Waals surface area contributed by atoms with Gasteiger partial charge in [-0.1, -0.05) is 41.0 Å². The average molecular weight is 322 g/mol. The molecule has 0 aromatic carbocycles. The van der Waals surface area contributed by atoms with Crippen molar-refractivity contribution < 1.29 is 9.90 Å². The average Bonchev–Trinajstić information content (AvgIpc) is 2.86. The van der Waals surface area contributed by atoms with Crippen molar-refractivity contribution in [2.45, 2.75) is 52.9 Å². The zero-order chi connectivity index (χ0) is 16.9. The maximum atomic E-state index is 11.2. The minimum Gasteiger partial charge on any atom is -0.481 e. The van der Waals surface area contributed by atoms with Crippen LogP contribution >= 0.6 is 11.3 Å². The van der Waals surface area contributed by atoms with E-state index >= 15 is 0 Å². The molecule has 1 aromatic heterocycles. The smallest absolute Gasteiger partial charge is 0.308 e. The number of rotatable bonds is 7. The molecule has 0 aliphatic carbocycles. The third-order valence-electron chi connectivity index (χ3n) is 3.68. The highest BCUT2D eigenvalue weighted by molar-refractivity contribution is 7.14. The summed E-state index contributed by atoms with van der Waals surface area (Å²) in [5, 5.41) is 21.7. The van der Waals surface area contributed by atoms with Gasteiger partial charge in [0.25, 0.3) is 0 Å². The third kappa shape index (κ3) is 4.48. The molecule has 0 bridgehead atoms. The first-order chi connectivity index (χ1) is 10.2. The van der Waals surface area contributed by atoms with Gasteiger partial charge in [0.05, 0.1) is 11.5 Å². The van der Waals surface area contributed by atoms with Crippen molar-refractivity contribution in [3.05, 3.63) is 16.5 Å². The topological polar surface area (TPSA) is 64.3 Å². The van der Waals surface area contributed by atoms with E-state index in [2.05, 4.69) is 38.7 Å². The number of carboxylic acid groups (broad SMARTS) is 1. The lowest BCUT2D eigenvalue weighted by molar-refractivity contribution is -0.140. The Morgan fingerprint density at radius 2 is 2.14 bits per heavy atom. The van der Waals surface area contributed by atoms with Crippen molar-refractivity contribution >= 4 is 22.3 Å². The standard InChI is InChI=1S/C17H26N2O2S/c1-6-7-8-19(10-12(2)16(20)21)15-13(9-18)14(11-22-15)17(3,4)5/h11-12H,6-8,10H2,1-5H3,(H,20,21). The molecule has 0 saturated heterocycles. The number of anilines is 1. The number of carbonyl (C=O) groups is 1. The summed E-state index contributed by atoms with van der Waals surface area (Å²) in [6, 6.07) is 2.33. The summed E-state index contributed by atoms with van der Waals surface area (Å²) in [5.41, 5.74) is 1.65. The zero-order valence-corrected chi connectivity index (χ0v) is 15.0. The predicted octanol–water partition coefficient (Wildman–Crippen LogP) is 4.24. The second-order valence-corrected chi connectivity index (χ2v) is 7.59. The molecule has 0 radical (unpaired) electrons. The molecule has 4 nitrogen and oxygen atoms in total. The molecule has 0 fully saturated rings. The summed E-state index contributed by atoms with van der Waals surface area (Å²) < 4.78 is 0. The number of aliphatic carboxylic acids is 1. The molecule has 1 heterocycles. The fraction of sp³-hybridized carbons (Fsp3) is 0.647. The number of nitriles is 1. The lowest BCUT2D eigenvalue weighted by atomic mass is 9.86. The maximum Gasteiger partial charge on any atom is 0.308 e. The fourth-order valence-electron chi connectivity index (χ4n) is 2.27. The van der Waals surface area contributed by atoms with Crippen LogP contribution in [0.15, 0.2) is 5.38 Å². The first-order valence-corrected chi connectivity index (χ1v) is 8.60. The second kappa shape index (κ2) is 7.64. The van der Waals surface area contributed by atoms with E-state index in [9.17, 15) is 15.2 Å². The summed E-state index contributed by atoms with van der Waals surface area (Å²) in [7, 11) is 0. The van der Waals surface area contributed by atoms with E-state index in [0.29, 0.717) is 12.1 Å². The first kappa shape index (κ1) is 18.5. The SMILES string of the molecule is CCCCN(CC(C)C(=O)O)c1scc(C(C)(C)C)c1C#N. The molecular formula is C17H26N2O2S. The molecule has 0 amide bonds. The summed E-state index contributed by atoms with van der Waals surface area (Å²) in [5.74, 6) is -1.25. The number of hydrogen-bond acceptors (Lipinski definition) is 4. The van der Waals surface area contributed by atoms with Gasteiger partial charge in [-0.05, 0) is 22.8 Å². The summed E-state index contributed by atoms with van der Waals surface area (Å²) in [4.78, 5) is 13.2. The fourth-order valence-corrected chi connectivity index (χ4v) is 3.56. The van der Waals surface area contributed by atoms with Crippen LogP contribution in [0.2, 0.25) is 0 Å². The van der Waals surface area contributed by atoms with Gasteiger partial charge in [0.2, 0.25) is 0 Å². The van der Waals surface area contributed by atoms with Crippen molar-refractivity contribution in [2.24, 2.45) is 5.92 Å². The molecule has 0 aliphatic heterocycles. The van der Waals surface area contributed by atoms with Crippen LogP contribution in [0.25, 0.3) is 0 Å². The molecule has 0 saturated carbocycles. The van der Waals surface area contributed by atoms with E-state index in [1.54, 1.807) is 18.3 Å². The molecule has 22 heavy (non-hydrogen) atoms. The van der Waals surface area contributed by atoms with Gasteiger partial charge in [0.1, 0.15) is 11.1 Å². The highest BCUT2D eigenvalue weighted by Gasteiger charge is 2.26. The van der Waals surface area contributed by atoms with Gasteiger partial charge < -0.3 is 10.0 Å². The number of nitrogens with zero attached hydrogens (tertiary/aromatic N) is 2. The highest BCUT2D eigenvalue weighted by Crippen LogP contribution is 2.38. The van der Waals surface area contributed by atoms with Crippen molar-refractivity contribution in [1.29, 1.82) is 5.26 Å². The van der Waals surface area contributed by atoms with Crippen molar-refractivity contribution in [3.63, 3.8) is 0 Å². The molecule has 0 spiro atoms. The number of thiophene rings is 1. The van der Waals surface area contributed by atoms with Crippen molar-refractivity contribution in [2.75, 3.05) is 18.0 Å². The first-order valence-electron chi connectivity index (χ1n) is 7.72. The van der Waals surface area contributed by atoms with E-state index < -0.39 is 11.9 Å². The quantitative estimate of drug-likeness (QED) is 0.815. The van der Waals surface area contributed by atoms with Gasteiger partial charge >= 0.3 is 5.97 Å². The van der Waals surface area contributed by atoms with Crippen LogP contribution in [0, 0.1) is 17.2 Å². The maximum absolute atomic E-state index is 11.2. The highest BCUT2D eigenvalue weighted by atomic mass is 32.1. The molecule has 1 aromatic rings. The Balaban J connectivity index is 3.17. The minimum absolute atomic E-state index is 0.0886. The van der Waals surface area contributed by atoms with E-state index in [1.165, 1.54) is 0 Å². The Bertz CT molecular complexity index is 552. The summed E-state index contributed by atoms with van der Waals surface area (Å²) >= 11 is 1.55. The molecule has 1 N–H and O–H groups in total. The molecule has 122 valence electrons. The number of unbranched alkanes of at least 4 members (excludes halogenated alkanes) is 1. The van der Waals surface area contributed by atoms with Gasteiger partial charge in [-0.15, -0.1) is 11.3 Å². The summed E-state index contributed by atoms with van der Waals surface area (Å²) in [6.07, 6.45) is 2.03. The van der Waals surface area contributed by atoms with Gasteiger partial charge in [-0.3, -0.25) is 4.79 Å². The van der Waals surface area contributed by atoms with E-state index in [1.807, 2.05) is 5.38 Å². The third-order valence-corrected chi connectivity index (χ3v) is 4.72. The Morgan fingerprint density at radius 3 is 2.59 bits per heavy atom. The Kier molecular flexibility index (Phi) is 6.43. The Morgan fingerprint density at radius 1 is 1.50 bits per heavy atom. The predicted molar refractivity (Wildman–Crippen MR) is 91.7 cm³/mol. The summed E-state index contributed by atoms with van der Waals surface area (Å²) in [6.45, 7) is 11.3. The van der Waals surface area contributed by atoms with Gasteiger partial charge in [-0.2, -0.15) is 5.26 Å². The second-order valence-electron chi connectivity index (χ2n) is 6.73. The normalized spacial score (nSPS) is 12.7. The van der Waals surface area contributed by atoms with Crippen LogP contribution in [0.5, 0.6) is 0 Å². The molecule has 5 heteroatoms. The van der Waals surface area contributed by atoms with Crippen molar-refractivity contribution in [3.8, 4) is 6.07 Å². The lowest BCUT2D eigenvalue weighted by Gasteiger charge is -2.26. The van der Waals surface area contributed by atoms with Crippen LogP contribution in [0.3, 0.4) is 0 Å². The molecule has 1 unspecified atom stereocenters. The van der Waals surface area contributed by atoms with Crippen LogP contribution in [0.1, 0.15) is 58.6 Å². The van der Waals surface area contributed by atoms with E-state index in [4.69, 9.17) is 0 Å². The van der Waals surface area contributed by atoms with E-state index in [-0.39, 0.29) is 5.41 Å². The molecular weight excluding hydrogens is 296 g/mol. The van der Waals surface area contributed by atoms with Crippen LogP contribution in [-0.2, 0) is 10.2 Å². The largest absolute Gasteiger partial charge is 0.481 e. The Hall–Kier alpha value is -1.54. The molecule has 1 rings (SSSR count). The molecule has 1 atom stereocenters. The lowest BCUT2D eigenvalue weighted by Crippen LogP contribution is -2.32. The van der Waals surface area contributed by atoms with Crippen LogP contribution < -0.4 is 4.90 Å². The van der Waals surface area contributed by atoms with Gasteiger partial charge in [0.15, 0.2) is 0 Å². The zero-order valence-electron chi connectivity index (χ0n) is 14.1. The van der Waals surface area contributed by atoms with Crippen LogP contribution in [0.4, 0.5) is 5.00 Å². The van der Waals surface area contributed by atoms with Crippen molar-refractivity contribution in [1.82, 2.24) is 0 Å². The van der Waals surface area contributed by atoms with Gasteiger partial charge in [0, 0.05) is 13.1 Å². The van der Waals surface area contributed by atoms with Crippen LogP contribution in [-0.4, -0.2) is 24.2 Å². The van der Waals surface area contributed by atoms with E-state index in [0.717, 1.165) is 30.0 Å². The van der Waals surface area contributed by atoms with Gasteiger partial charge in [-0.25, -0.2) is 0 Å². The molecule has 0 aliphatic rings. The monoisotopic (exact) mass is 322 g/mol. The number of hydrogen-bond donors (Lipinski definition) is 1. The Labute approximate surface area is 137 Å².